The van der Waals surface area contributed by atoms with Gasteiger partial charge in [-0.1, -0.05) is 0 Å². The molecule has 4 nitrogen and oxygen atoms in total. The van der Waals surface area contributed by atoms with E-state index in [1.54, 1.807) is 13.8 Å². The number of aryl methyl sites for hydroxylation is 1. The van der Waals surface area contributed by atoms with E-state index in [4.69, 9.17) is 4.74 Å². The Morgan fingerprint density at radius 2 is 2.10 bits per heavy atom. The second-order valence-corrected chi connectivity index (χ2v) is 4.23. The lowest BCUT2D eigenvalue weighted by atomic mass is 10.1. The zero-order chi connectivity index (χ0) is 14.9. The first-order chi connectivity index (χ1) is 9.31. The molecule has 0 amide bonds. The number of halogens is 3. The van der Waals surface area contributed by atoms with Crippen LogP contribution in [0.3, 0.4) is 0 Å². The van der Waals surface area contributed by atoms with E-state index in [0.717, 1.165) is 0 Å². The van der Waals surface area contributed by atoms with Gasteiger partial charge in [0.15, 0.2) is 0 Å². The monoisotopic (exact) mass is 286 g/mol. The van der Waals surface area contributed by atoms with Crippen molar-refractivity contribution in [2.45, 2.75) is 20.1 Å². The number of aromatic amines is 1. The molecule has 0 bridgehead atoms. The fraction of sp³-hybridized carbons (Fsp3) is 0.308. The van der Waals surface area contributed by atoms with Gasteiger partial charge in [-0.15, -0.1) is 0 Å². The van der Waals surface area contributed by atoms with E-state index in [2.05, 4.69) is 4.98 Å². The molecule has 0 aliphatic heterocycles. The van der Waals surface area contributed by atoms with Crippen LogP contribution in [-0.4, -0.2) is 23.9 Å². The molecule has 20 heavy (non-hydrogen) atoms. The number of esters is 1. The van der Waals surface area contributed by atoms with Crippen LogP contribution in [0.1, 0.15) is 23.0 Å². The van der Waals surface area contributed by atoms with Crippen molar-refractivity contribution in [3.8, 4) is 0 Å². The number of benzene rings is 1. The first-order valence-electron chi connectivity index (χ1n) is 5.96. The lowest BCUT2D eigenvalue weighted by molar-refractivity contribution is -0.0999. The van der Waals surface area contributed by atoms with Crippen LogP contribution in [0.15, 0.2) is 18.2 Å². The summed E-state index contributed by atoms with van der Waals surface area (Å²) in [6.45, 7) is 3.57. The van der Waals surface area contributed by atoms with Gasteiger partial charge < -0.3 is 9.72 Å². The Balaban J connectivity index is 2.43. The van der Waals surface area contributed by atoms with Gasteiger partial charge in [0.05, 0.1) is 6.61 Å². The average molecular weight is 286 g/mol. The van der Waals surface area contributed by atoms with Crippen molar-refractivity contribution in [1.82, 2.24) is 4.98 Å². The van der Waals surface area contributed by atoms with Gasteiger partial charge in [-0.25, -0.2) is 4.79 Å². The number of hydrogen-bond acceptors (Lipinski definition) is 3. The Morgan fingerprint density at radius 1 is 1.40 bits per heavy atom. The molecule has 0 aliphatic rings. The molecule has 2 aromatic rings. The highest BCUT2D eigenvalue weighted by atomic mass is 19.4. The second-order valence-electron chi connectivity index (χ2n) is 4.23. The van der Waals surface area contributed by atoms with Crippen molar-refractivity contribution in [2.24, 2.45) is 0 Å². The smallest absolute Gasteiger partial charge is 0.461 e. The largest absolute Gasteiger partial charge is 0.482 e. The molecule has 2 N–H and O–H groups in total. The van der Waals surface area contributed by atoms with Gasteiger partial charge in [0, 0.05) is 16.6 Å². The SMILES string of the molecule is CCOC(=O)c1[nH]c2ccc(NC(F)(F)F)cc2c1C. The summed E-state index contributed by atoms with van der Waals surface area (Å²) in [5.41, 5.74) is 1.32. The molecule has 0 radical (unpaired) electrons. The van der Waals surface area contributed by atoms with Crippen molar-refractivity contribution in [2.75, 3.05) is 11.9 Å². The molecule has 0 saturated heterocycles. The molecule has 0 unspecified atom stereocenters. The fourth-order valence-electron chi connectivity index (χ4n) is 1.98. The molecule has 0 spiro atoms. The summed E-state index contributed by atoms with van der Waals surface area (Å²) in [5, 5.41) is 1.98. The van der Waals surface area contributed by atoms with E-state index in [1.165, 1.54) is 23.5 Å². The van der Waals surface area contributed by atoms with Gasteiger partial charge in [-0.3, -0.25) is 5.32 Å². The van der Waals surface area contributed by atoms with E-state index < -0.39 is 12.3 Å². The lowest BCUT2D eigenvalue weighted by Crippen LogP contribution is -2.20. The summed E-state index contributed by atoms with van der Waals surface area (Å²) in [5.74, 6) is -0.522. The van der Waals surface area contributed by atoms with Gasteiger partial charge in [-0.2, -0.15) is 13.2 Å². The Bertz CT molecular complexity index is 647. The lowest BCUT2D eigenvalue weighted by Gasteiger charge is -2.09. The Hall–Kier alpha value is -2.18. The predicted molar refractivity (Wildman–Crippen MR) is 68.7 cm³/mol. The van der Waals surface area contributed by atoms with E-state index >= 15 is 0 Å². The normalized spacial score (nSPS) is 11.7. The number of carbonyl (C=O) groups is 1. The quantitative estimate of drug-likeness (QED) is 0.669. The first kappa shape index (κ1) is 14.2. The number of nitrogens with one attached hydrogen (secondary N) is 2. The van der Waals surface area contributed by atoms with Crippen LogP contribution in [0.25, 0.3) is 10.9 Å². The summed E-state index contributed by atoms with van der Waals surface area (Å²) in [6, 6.07) is 4.12. The summed E-state index contributed by atoms with van der Waals surface area (Å²) < 4.78 is 41.7. The highest BCUT2D eigenvalue weighted by molar-refractivity contribution is 5.99. The third-order valence-corrected chi connectivity index (χ3v) is 2.82. The molecule has 108 valence electrons. The molecule has 0 atom stereocenters. The van der Waals surface area contributed by atoms with Gasteiger partial charge >= 0.3 is 12.3 Å². The summed E-state index contributed by atoms with van der Waals surface area (Å²) in [6.07, 6.45) is -4.50. The Morgan fingerprint density at radius 3 is 2.70 bits per heavy atom. The number of carbonyl (C=O) groups excluding carboxylic acids is 1. The molecular formula is C13H13F3N2O2. The second kappa shape index (κ2) is 5.07. The number of ether oxygens (including phenoxy) is 1. The van der Waals surface area contributed by atoms with E-state index in [0.29, 0.717) is 16.5 Å². The maximum atomic E-state index is 12.3. The third kappa shape index (κ3) is 2.87. The molecular weight excluding hydrogens is 273 g/mol. The number of alkyl halides is 3. The molecule has 0 aliphatic carbocycles. The summed E-state index contributed by atoms with van der Waals surface area (Å²) in [4.78, 5) is 14.6. The number of H-pyrrole nitrogens is 1. The van der Waals surface area contributed by atoms with Crippen LogP contribution < -0.4 is 5.32 Å². The minimum Gasteiger partial charge on any atom is -0.461 e. The molecule has 1 aromatic heterocycles. The fourth-order valence-corrected chi connectivity index (χ4v) is 1.98. The Kier molecular flexibility index (Phi) is 3.61. The van der Waals surface area contributed by atoms with Crippen molar-refractivity contribution in [3.05, 3.63) is 29.5 Å². The number of rotatable bonds is 3. The predicted octanol–water partition coefficient (Wildman–Crippen LogP) is 3.58. The molecule has 0 saturated carbocycles. The van der Waals surface area contributed by atoms with Crippen LogP contribution in [0, 0.1) is 6.92 Å². The van der Waals surface area contributed by atoms with Crippen LogP contribution >= 0.6 is 0 Å². The number of anilines is 1. The highest BCUT2D eigenvalue weighted by Gasteiger charge is 2.27. The van der Waals surface area contributed by atoms with E-state index in [9.17, 15) is 18.0 Å². The van der Waals surface area contributed by atoms with Crippen molar-refractivity contribution >= 4 is 22.6 Å². The average Bonchev–Trinajstić information content (AvgIpc) is 2.65. The van der Waals surface area contributed by atoms with Crippen LogP contribution in [0.4, 0.5) is 18.9 Å². The van der Waals surface area contributed by atoms with E-state index in [-0.39, 0.29) is 18.0 Å². The van der Waals surface area contributed by atoms with Gasteiger partial charge in [0.1, 0.15) is 5.69 Å². The van der Waals surface area contributed by atoms with Crippen molar-refractivity contribution in [3.63, 3.8) is 0 Å². The topological polar surface area (TPSA) is 54.1 Å². The molecule has 1 aromatic carbocycles. The number of aromatic nitrogens is 1. The standard InChI is InChI=1S/C13H13F3N2O2/c1-3-20-12(19)11-7(2)9-6-8(18-13(14,15)16)4-5-10(9)17-11/h4-6,17-18H,3H2,1-2H3. The molecule has 1 heterocycles. The minimum atomic E-state index is -4.50. The van der Waals surface area contributed by atoms with Crippen molar-refractivity contribution < 1.29 is 22.7 Å². The molecule has 7 heteroatoms. The van der Waals surface area contributed by atoms with Crippen LogP contribution in [0.2, 0.25) is 0 Å². The van der Waals surface area contributed by atoms with Gasteiger partial charge in [-0.05, 0) is 37.6 Å². The first-order valence-corrected chi connectivity index (χ1v) is 5.96. The summed E-state index contributed by atoms with van der Waals surface area (Å²) in [7, 11) is 0. The van der Waals surface area contributed by atoms with E-state index in [1.807, 2.05) is 0 Å². The van der Waals surface area contributed by atoms with Gasteiger partial charge in [0.25, 0.3) is 0 Å². The van der Waals surface area contributed by atoms with Crippen LogP contribution in [-0.2, 0) is 4.74 Å². The highest BCUT2D eigenvalue weighted by Crippen LogP contribution is 2.27. The zero-order valence-electron chi connectivity index (χ0n) is 10.9. The number of hydrogen-bond donors (Lipinski definition) is 2. The Labute approximate surface area is 112 Å². The van der Waals surface area contributed by atoms with Gasteiger partial charge in [0.2, 0.25) is 0 Å². The van der Waals surface area contributed by atoms with Crippen LogP contribution in [0.5, 0.6) is 0 Å². The zero-order valence-corrected chi connectivity index (χ0v) is 10.9. The number of fused-ring (bicyclic) bond motifs is 1. The molecule has 0 fully saturated rings. The third-order valence-electron chi connectivity index (χ3n) is 2.82. The summed E-state index contributed by atoms with van der Waals surface area (Å²) >= 11 is 0. The minimum absolute atomic E-state index is 0.0810. The van der Waals surface area contributed by atoms with Crippen molar-refractivity contribution in [1.29, 1.82) is 0 Å². The molecule has 2 rings (SSSR count). The maximum absolute atomic E-state index is 12.3. The maximum Gasteiger partial charge on any atom is 0.482 e.